The first kappa shape index (κ1) is 15.0. The van der Waals surface area contributed by atoms with E-state index in [4.69, 9.17) is 0 Å². The highest BCUT2D eigenvalue weighted by Crippen LogP contribution is 2.16. The molecule has 0 N–H and O–H groups in total. The van der Waals surface area contributed by atoms with Gasteiger partial charge in [0.15, 0.2) is 5.82 Å². The number of rotatable bonds is 2. The summed E-state index contributed by atoms with van der Waals surface area (Å²) in [5.74, 6) is 1.69. The van der Waals surface area contributed by atoms with Crippen LogP contribution in [-0.4, -0.2) is 90.3 Å². The number of carbonyl (C=O) groups excluding carboxylic acids is 1. The fourth-order valence-electron chi connectivity index (χ4n) is 2.83. The Labute approximate surface area is 130 Å². The van der Waals surface area contributed by atoms with Gasteiger partial charge in [-0.05, 0) is 7.05 Å². The molecule has 3 heterocycles. The maximum absolute atomic E-state index is 11.4. The summed E-state index contributed by atoms with van der Waals surface area (Å²) in [5.41, 5.74) is 0. The molecule has 0 atom stereocenters. The van der Waals surface area contributed by atoms with E-state index >= 15 is 0 Å². The highest BCUT2D eigenvalue weighted by atomic mass is 16.2. The Balaban J connectivity index is 1.66. The van der Waals surface area contributed by atoms with Gasteiger partial charge in [-0.1, -0.05) is 0 Å². The first-order chi connectivity index (χ1) is 10.6. The number of hydrogen-bond donors (Lipinski definition) is 0. The molecule has 2 fully saturated rings. The summed E-state index contributed by atoms with van der Waals surface area (Å²) in [6.07, 6.45) is 1.74. The van der Waals surface area contributed by atoms with Crippen molar-refractivity contribution in [3.63, 3.8) is 0 Å². The van der Waals surface area contributed by atoms with Crippen molar-refractivity contribution < 1.29 is 4.79 Å². The molecule has 0 aromatic carbocycles. The number of hydrogen-bond acceptors (Lipinski definition) is 7. The Morgan fingerprint density at radius 1 is 1.00 bits per heavy atom. The first-order valence-corrected chi connectivity index (χ1v) is 7.77. The van der Waals surface area contributed by atoms with Gasteiger partial charge in [-0.15, -0.1) is 5.10 Å². The molecule has 2 aliphatic rings. The monoisotopic (exact) mass is 305 g/mol. The number of amides is 1. The van der Waals surface area contributed by atoms with E-state index in [2.05, 4.69) is 36.9 Å². The molecule has 8 heteroatoms. The van der Waals surface area contributed by atoms with Crippen LogP contribution in [0.5, 0.6) is 0 Å². The lowest BCUT2D eigenvalue weighted by atomic mass is 10.3. The quantitative estimate of drug-likeness (QED) is 0.715. The molecule has 0 bridgehead atoms. The summed E-state index contributed by atoms with van der Waals surface area (Å²) >= 11 is 0. The van der Waals surface area contributed by atoms with Crippen LogP contribution in [0, 0.1) is 0 Å². The van der Waals surface area contributed by atoms with E-state index in [1.54, 1.807) is 13.1 Å². The van der Waals surface area contributed by atoms with Crippen molar-refractivity contribution >= 4 is 17.7 Å². The lowest BCUT2D eigenvalue weighted by Crippen LogP contribution is -2.49. The fourth-order valence-corrected chi connectivity index (χ4v) is 2.83. The number of likely N-dealkylation sites (N-methyl/N-ethyl adjacent to an activating group) is 1. The third-order valence-corrected chi connectivity index (χ3v) is 4.37. The molecule has 1 aromatic rings. The Hall–Kier alpha value is -1.96. The van der Waals surface area contributed by atoms with Crippen LogP contribution in [0.1, 0.15) is 6.92 Å². The third kappa shape index (κ3) is 3.27. The van der Waals surface area contributed by atoms with E-state index in [1.807, 2.05) is 4.90 Å². The van der Waals surface area contributed by atoms with Crippen molar-refractivity contribution in [1.82, 2.24) is 25.0 Å². The summed E-state index contributed by atoms with van der Waals surface area (Å²) in [7, 11) is 2.13. The van der Waals surface area contributed by atoms with Gasteiger partial charge in [-0.3, -0.25) is 4.79 Å². The predicted molar refractivity (Wildman–Crippen MR) is 84.0 cm³/mol. The fraction of sp³-hybridized carbons (Fsp3) is 0.714. The van der Waals surface area contributed by atoms with Crippen molar-refractivity contribution in [3.05, 3.63) is 6.20 Å². The number of nitrogens with zero attached hydrogens (tertiary/aromatic N) is 7. The Morgan fingerprint density at radius 2 is 1.64 bits per heavy atom. The summed E-state index contributed by atoms with van der Waals surface area (Å²) in [4.78, 5) is 24.6. The number of anilines is 2. The van der Waals surface area contributed by atoms with Crippen LogP contribution in [0.3, 0.4) is 0 Å². The van der Waals surface area contributed by atoms with E-state index in [1.165, 1.54) is 0 Å². The highest BCUT2D eigenvalue weighted by molar-refractivity contribution is 5.73. The Bertz CT molecular complexity index is 522. The van der Waals surface area contributed by atoms with Crippen LogP contribution in [-0.2, 0) is 4.79 Å². The number of carbonyl (C=O) groups is 1. The molecule has 0 unspecified atom stereocenters. The molecule has 2 aliphatic heterocycles. The van der Waals surface area contributed by atoms with E-state index in [9.17, 15) is 4.79 Å². The van der Waals surface area contributed by atoms with Gasteiger partial charge < -0.3 is 19.6 Å². The maximum atomic E-state index is 11.4. The van der Waals surface area contributed by atoms with E-state index in [0.29, 0.717) is 5.95 Å². The van der Waals surface area contributed by atoms with Crippen molar-refractivity contribution in [2.45, 2.75) is 6.92 Å². The van der Waals surface area contributed by atoms with Crippen molar-refractivity contribution in [2.75, 3.05) is 69.2 Å². The molecule has 0 spiro atoms. The zero-order valence-corrected chi connectivity index (χ0v) is 13.3. The molecule has 0 radical (unpaired) electrons. The zero-order valence-electron chi connectivity index (χ0n) is 13.3. The molecule has 0 saturated carbocycles. The van der Waals surface area contributed by atoms with Gasteiger partial charge in [0.25, 0.3) is 0 Å². The minimum Gasteiger partial charge on any atom is -0.353 e. The Morgan fingerprint density at radius 3 is 2.27 bits per heavy atom. The van der Waals surface area contributed by atoms with Crippen LogP contribution in [0.2, 0.25) is 0 Å². The second-order valence-electron chi connectivity index (χ2n) is 5.90. The number of piperazine rings is 2. The van der Waals surface area contributed by atoms with E-state index < -0.39 is 0 Å². The molecular weight excluding hydrogens is 282 g/mol. The molecule has 1 amide bonds. The number of aromatic nitrogens is 3. The standard InChI is InChI=1S/C14H23N7O/c1-12(22)19-7-9-21(10-8-19)14-16-13(11-15-17-14)20-5-3-18(2)4-6-20/h11H,3-10H2,1-2H3. The summed E-state index contributed by atoms with van der Waals surface area (Å²) < 4.78 is 0. The summed E-state index contributed by atoms with van der Waals surface area (Å²) in [5, 5.41) is 8.29. The van der Waals surface area contributed by atoms with Crippen LogP contribution in [0.4, 0.5) is 11.8 Å². The molecule has 3 rings (SSSR count). The topological polar surface area (TPSA) is 68.7 Å². The van der Waals surface area contributed by atoms with Crippen LogP contribution >= 0.6 is 0 Å². The van der Waals surface area contributed by atoms with Crippen molar-refractivity contribution in [2.24, 2.45) is 0 Å². The lowest BCUT2D eigenvalue weighted by Gasteiger charge is -2.35. The van der Waals surface area contributed by atoms with E-state index in [0.717, 1.165) is 58.2 Å². The van der Waals surface area contributed by atoms with Crippen molar-refractivity contribution in [1.29, 1.82) is 0 Å². The first-order valence-electron chi connectivity index (χ1n) is 7.77. The maximum Gasteiger partial charge on any atom is 0.247 e. The van der Waals surface area contributed by atoms with Gasteiger partial charge in [-0.25, -0.2) is 0 Å². The smallest absolute Gasteiger partial charge is 0.247 e. The van der Waals surface area contributed by atoms with Crippen LogP contribution < -0.4 is 9.80 Å². The van der Waals surface area contributed by atoms with Crippen molar-refractivity contribution in [3.8, 4) is 0 Å². The average molecular weight is 305 g/mol. The lowest BCUT2D eigenvalue weighted by molar-refractivity contribution is -0.129. The summed E-state index contributed by atoms with van der Waals surface area (Å²) in [6.45, 7) is 8.57. The third-order valence-electron chi connectivity index (χ3n) is 4.37. The van der Waals surface area contributed by atoms with E-state index in [-0.39, 0.29) is 5.91 Å². The molecular formula is C14H23N7O. The van der Waals surface area contributed by atoms with Gasteiger partial charge in [0, 0.05) is 59.3 Å². The van der Waals surface area contributed by atoms with Crippen LogP contribution in [0.15, 0.2) is 6.20 Å². The SMILES string of the molecule is CC(=O)N1CCN(c2nncc(N3CCN(C)CC3)n2)CC1. The minimum absolute atomic E-state index is 0.130. The molecule has 8 nitrogen and oxygen atoms in total. The molecule has 2 saturated heterocycles. The predicted octanol–water partition coefficient (Wildman–Crippen LogP) is -0.708. The second-order valence-corrected chi connectivity index (χ2v) is 5.90. The molecule has 0 aliphatic carbocycles. The molecule has 22 heavy (non-hydrogen) atoms. The molecule has 1 aromatic heterocycles. The average Bonchev–Trinajstić information content (AvgIpc) is 2.56. The van der Waals surface area contributed by atoms with Gasteiger partial charge >= 0.3 is 0 Å². The van der Waals surface area contributed by atoms with Gasteiger partial charge in [0.05, 0.1) is 6.20 Å². The minimum atomic E-state index is 0.130. The largest absolute Gasteiger partial charge is 0.353 e. The normalized spacial score (nSPS) is 20.4. The van der Waals surface area contributed by atoms with Crippen LogP contribution in [0.25, 0.3) is 0 Å². The highest BCUT2D eigenvalue weighted by Gasteiger charge is 2.22. The molecule has 120 valence electrons. The second kappa shape index (κ2) is 6.43. The van der Waals surface area contributed by atoms with Gasteiger partial charge in [0.2, 0.25) is 11.9 Å². The van der Waals surface area contributed by atoms with Gasteiger partial charge in [-0.2, -0.15) is 10.1 Å². The van der Waals surface area contributed by atoms with Gasteiger partial charge in [0.1, 0.15) is 0 Å². The Kier molecular flexibility index (Phi) is 4.37. The zero-order chi connectivity index (χ0) is 15.5. The summed E-state index contributed by atoms with van der Waals surface area (Å²) in [6, 6.07) is 0.